The highest BCUT2D eigenvalue weighted by Crippen LogP contribution is 2.66. The Morgan fingerprint density at radius 2 is 0.600 bits per heavy atom. The fourth-order valence-electron chi connectivity index (χ4n) is 1.73. The largest absolute Gasteiger partial charge is 0.460 e. The molecule has 0 heterocycles. The van der Waals surface area contributed by atoms with Crippen LogP contribution in [0.4, 0.5) is 92.2 Å². The van der Waals surface area contributed by atoms with E-state index in [1.165, 1.54) is 0 Å². The monoisotopic (exact) mass is 598 g/mol. The van der Waals surface area contributed by atoms with Gasteiger partial charge in [0.05, 0.1) is 0 Å². The maximum Gasteiger partial charge on any atom is 0.460 e. The van der Waals surface area contributed by atoms with Crippen LogP contribution in [0.1, 0.15) is 0 Å². The van der Waals surface area contributed by atoms with Gasteiger partial charge >= 0.3 is 65.4 Å². The lowest BCUT2D eigenvalue weighted by atomic mass is 9.86. The molecule has 2 nitrogen and oxygen atoms in total. The van der Waals surface area contributed by atoms with E-state index in [1.807, 2.05) is 0 Å². The van der Waals surface area contributed by atoms with Crippen molar-refractivity contribution < 1.29 is 101 Å². The van der Waals surface area contributed by atoms with Gasteiger partial charge in [0, 0.05) is 0 Å². The van der Waals surface area contributed by atoms with E-state index in [0.29, 0.717) is 0 Å². The number of rotatable bonds is 9. The van der Waals surface area contributed by atoms with Gasteiger partial charge in [-0.25, -0.2) is 4.79 Å². The predicted octanol–water partition coefficient (Wildman–Crippen LogP) is 6.96. The zero-order valence-corrected chi connectivity index (χ0v) is 15.4. The molecule has 0 aliphatic rings. The van der Waals surface area contributed by atoms with Crippen molar-refractivity contribution in [2.24, 2.45) is 0 Å². The fraction of sp³-hybridized carbons (Fsp3) is 0.909. The molecule has 0 aliphatic carbocycles. The Hall–Kier alpha value is -1.71. The first-order valence-electron chi connectivity index (χ1n) is 7.03. The van der Waals surface area contributed by atoms with Crippen LogP contribution in [0.5, 0.6) is 0 Å². The van der Waals surface area contributed by atoms with Crippen LogP contribution in [0, 0.1) is 0 Å². The van der Waals surface area contributed by atoms with Crippen molar-refractivity contribution in [1.82, 2.24) is 0 Å². The smallest absolute Gasteiger partial charge is 0.342 e. The summed E-state index contributed by atoms with van der Waals surface area (Å²) in [5.41, 5.74) is 0. The highest BCUT2D eigenvalue weighted by atomic mass is 35.5. The average molecular weight is 599 g/mol. The normalized spacial score (nSPS) is 16.4. The quantitative estimate of drug-likeness (QED) is 0.268. The third-order valence-corrected chi connectivity index (χ3v) is 3.98. The van der Waals surface area contributed by atoms with E-state index in [9.17, 15) is 97.0 Å². The number of carbonyl (C=O) groups excluding carboxylic acids is 1. The molecule has 0 amide bonds. The van der Waals surface area contributed by atoms with Crippen molar-refractivity contribution in [1.29, 1.82) is 0 Å². The number of alkyl halides is 21. The van der Waals surface area contributed by atoms with Crippen molar-refractivity contribution in [3.8, 4) is 0 Å². The molecule has 0 saturated carbocycles. The van der Waals surface area contributed by atoms with Gasteiger partial charge in [-0.3, -0.25) is 0 Å². The van der Waals surface area contributed by atoms with Crippen LogP contribution in [0.25, 0.3) is 0 Å². The molecule has 24 heteroatoms. The molecule has 35 heavy (non-hydrogen) atoms. The third-order valence-electron chi connectivity index (χ3n) is 3.84. The van der Waals surface area contributed by atoms with Crippen molar-refractivity contribution in [2.75, 3.05) is 0 Å². The van der Waals surface area contributed by atoms with Crippen molar-refractivity contribution in [3.63, 3.8) is 0 Å². The summed E-state index contributed by atoms with van der Waals surface area (Å²) < 4.78 is 274. The molecule has 0 aromatic heterocycles. The van der Waals surface area contributed by atoms with E-state index >= 15 is 0 Å². The highest BCUT2D eigenvalue weighted by Gasteiger charge is 2.98. The van der Waals surface area contributed by atoms with E-state index in [0.717, 1.165) is 0 Å². The Bertz CT molecular complexity index is 811. The fourth-order valence-corrected chi connectivity index (χ4v) is 1.83. The number of carbonyl (C=O) groups is 1. The second-order valence-electron chi connectivity index (χ2n) is 6.03. The van der Waals surface area contributed by atoms with Crippen LogP contribution in [0.2, 0.25) is 0 Å². The van der Waals surface area contributed by atoms with Gasteiger partial charge in [0.25, 0.3) is 0 Å². The van der Waals surface area contributed by atoms with Crippen molar-refractivity contribution in [3.05, 3.63) is 0 Å². The highest BCUT2D eigenvalue weighted by molar-refractivity contribution is 6.14. The maximum atomic E-state index is 13.4. The Kier molecular flexibility index (Phi) is 7.75. The van der Waals surface area contributed by atoms with Crippen molar-refractivity contribution >= 4 is 17.8 Å². The molecule has 0 rings (SSSR count). The number of hydrogen-bond donors (Lipinski definition) is 0. The molecule has 0 aromatic rings. The van der Waals surface area contributed by atoms with Gasteiger partial charge < -0.3 is 4.29 Å². The zero-order chi connectivity index (χ0) is 29.3. The SMILES string of the molecule is O=C(OCl)C(F)(F)C(F)(F)C(F)(F)C(F)(F)C(F)(F)C(F)(F)C(F)(F)C(F)(F)C(F)(F)C(F)(F)F. The molecule has 0 spiro atoms. The molecule has 0 fully saturated rings. The lowest BCUT2D eigenvalue weighted by molar-refractivity contribution is -0.473. The predicted molar refractivity (Wildman–Crippen MR) is 62.5 cm³/mol. The van der Waals surface area contributed by atoms with Gasteiger partial charge in [-0.05, 0) is 0 Å². The van der Waals surface area contributed by atoms with Gasteiger partial charge in [-0.1, -0.05) is 0 Å². The summed E-state index contributed by atoms with van der Waals surface area (Å²) >= 11 is 3.75. The molecule has 0 unspecified atom stereocenters. The van der Waals surface area contributed by atoms with Gasteiger partial charge in [0.2, 0.25) is 0 Å². The zero-order valence-electron chi connectivity index (χ0n) is 14.6. The average Bonchev–Trinajstić information content (AvgIpc) is 2.64. The molecular weight excluding hydrogens is 599 g/mol. The van der Waals surface area contributed by atoms with E-state index in [-0.39, 0.29) is 0 Å². The van der Waals surface area contributed by atoms with Crippen LogP contribution >= 0.6 is 11.9 Å². The summed E-state index contributed by atoms with van der Waals surface area (Å²) in [6.45, 7) is 0. The lowest BCUT2D eigenvalue weighted by Gasteiger charge is -2.44. The number of hydrogen-bond acceptors (Lipinski definition) is 2. The first-order chi connectivity index (χ1) is 14.7. The Balaban J connectivity index is 7.12. The minimum atomic E-state index is -9.28. The second-order valence-corrected chi connectivity index (χ2v) is 6.19. The summed E-state index contributed by atoms with van der Waals surface area (Å²) in [5.74, 6) is -83.3. The van der Waals surface area contributed by atoms with Gasteiger partial charge in [0.15, 0.2) is 0 Å². The summed E-state index contributed by atoms with van der Waals surface area (Å²) in [7, 11) is 0. The molecule has 0 bridgehead atoms. The van der Waals surface area contributed by atoms with E-state index in [2.05, 4.69) is 16.2 Å². The van der Waals surface area contributed by atoms with E-state index in [1.54, 1.807) is 0 Å². The topological polar surface area (TPSA) is 26.3 Å². The van der Waals surface area contributed by atoms with E-state index in [4.69, 9.17) is 0 Å². The summed E-state index contributed by atoms with van der Waals surface area (Å²) in [5, 5.41) is 0. The van der Waals surface area contributed by atoms with Gasteiger partial charge in [0.1, 0.15) is 11.9 Å². The molecule has 0 atom stereocenters. The van der Waals surface area contributed by atoms with Crippen LogP contribution in [-0.2, 0) is 9.08 Å². The Morgan fingerprint density at radius 3 is 0.800 bits per heavy atom. The van der Waals surface area contributed by atoms with Crippen LogP contribution in [0.3, 0.4) is 0 Å². The van der Waals surface area contributed by atoms with E-state index < -0.39 is 65.4 Å². The van der Waals surface area contributed by atoms with Crippen LogP contribution in [-0.4, -0.2) is 65.4 Å². The molecular formula is C11ClF21O2. The number of halogens is 22. The molecule has 210 valence electrons. The maximum absolute atomic E-state index is 13.4. The minimum absolute atomic E-state index is 2.21. The lowest BCUT2D eigenvalue weighted by Crippen LogP contribution is -2.77. The summed E-state index contributed by atoms with van der Waals surface area (Å²) in [6, 6.07) is 0. The first kappa shape index (κ1) is 33.3. The third kappa shape index (κ3) is 3.89. The summed E-state index contributed by atoms with van der Waals surface area (Å²) in [4.78, 5) is 10.3. The Labute approximate surface area is 180 Å². The van der Waals surface area contributed by atoms with Gasteiger partial charge in [-0.15, -0.1) is 0 Å². The molecule has 0 radical (unpaired) electrons. The molecule has 0 aromatic carbocycles. The standard InChI is InChI=1S/C11ClF21O2/c12-35-1(34)2(13,14)3(15,16)4(17,18)5(19,20)6(21,22)7(23,24)8(25,26)9(27,28)10(29,30)11(31,32)33. The van der Waals surface area contributed by atoms with Crippen LogP contribution in [0.15, 0.2) is 0 Å². The molecule has 0 aliphatic heterocycles. The second kappa shape index (κ2) is 8.15. The minimum Gasteiger partial charge on any atom is -0.342 e. The van der Waals surface area contributed by atoms with Crippen LogP contribution < -0.4 is 0 Å². The molecule has 0 N–H and O–H groups in total. The van der Waals surface area contributed by atoms with Gasteiger partial charge in [-0.2, -0.15) is 92.2 Å². The van der Waals surface area contributed by atoms with Crippen molar-refractivity contribution in [2.45, 2.75) is 59.5 Å². The Morgan fingerprint density at radius 1 is 0.400 bits per heavy atom. The molecule has 0 saturated heterocycles. The summed E-state index contributed by atoms with van der Waals surface area (Å²) in [6.07, 6.45) is -8.05. The first-order valence-corrected chi connectivity index (χ1v) is 7.34.